The van der Waals surface area contributed by atoms with Crippen molar-refractivity contribution in [3.63, 3.8) is 0 Å². The number of aryl methyl sites for hydroxylation is 6. The molecular weight excluding hydrogens is 743 g/mol. The summed E-state index contributed by atoms with van der Waals surface area (Å²) in [6, 6.07) is 16.3. The van der Waals surface area contributed by atoms with E-state index >= 15 is 4.79 Å². The number of carbonyl (C=O) groups excluding carboxylic acids is 1. The molecule has 10 nitrogen and oxygen atoms in total. The SMILES string of the molecule is Cc1cc(OCCCc2c3n(c4c(-c5c(C)nn(C)c5C)cccc24)C(C)[C@@H](Cl)N(c2cn(C)c4ccc(-c5ncn(CC6CC6)n5)cc24)C3=O)cc(C)c1Cl. The van der Waals surface area contributed by atoms with Crippen LogP contribution in [0.1, 0.15) is 70.8 Å². The third-order valence-corrected chi connectivity index (χ3v) is 13.0. The molecule has 0 spiro atoms. The van der Waals surface area contributed by atoms with Gasteiger partial charge in [-0.25, -0.2) is 4.98 Å². The predicted molar refractivity (Wildman–Crippen MR) is 224 cm³/mol. The fourth-order valence-electron chi connectivity index (χ4n) is 8.71. The molecule has 1 unspecified atom stereocenters. The van der Waals surface area contributed by atoms with Gasteiger partial charge in [0.05, 0.1) is 29.5 Å². The number of ether oxygens (including phenoxy) is 1. The van der Waals surface area contributed by atoms with Gasteiger partial charge in [-0.15, -0.1) is 0 Å². The lowest BCUT2D eigenvalue weighted by atomic mass is 9.98. The van der Waals surface area contributed by atoms with Gasteiger partial charge < -0.3 is 13.9 Å². The van der Waals surface area contributed by atoms with Crippen LogP contribution < -0.4 is 9.64 Å². The molecule has 1 fully saturated rings. The maximum atomic E-state index is 15.4. The molecule has 7 aromatic rings. The summed E-state index contributed by atoms with van der Waals surface area (Å²) in [4.78, 5) is 21.8. The first-order valence-corrected chi connectivity index (χ1v) is 20.2. The van der Waals surface area contributed by atoms with Crippen LogP contribution in [-0.4, -0.2) is 51.7 Å². The van der Waals surface area contributed by atoms with Gasteiger partial charge in [0.15, 0.2) is 5.82 Å². The summed E-state index contributed by atoms with van der Waals surface area (Å²) in [5.41, 5.74) is 10.7. The van der Waals surface area contributed by atoms with Crippen LogP contribution in [0, 0.1) is 33.6 Å². The lowest BCUT2D eigenvalue weighted by Crippen LogP contribution is -2.47. The van der Waals surface area contributed by atoms with Gasteiger partial charge in [0.1, 0.15) is 23.3 Å². The number of hydrogen-bond acceptors (Lipinski definition) is 5. The van der Waals surface area contributed by atoms with E-state index in [0.717, 1.165) is 89.6 Å². The summed E-state index contributed by atoms with van der Waals surface area (Å²) in [6.07, 6.45) is 7.66. The highest BCUT2D eigenvalue weighted by Gasteiger charge is 2.42. The van der Waals surface area contributed by atoms with E-state index in [4.69, 9.17) is 38.1 Å². The van der Waals surface area contributed by atoms with Crippen molar-refractivity contribution >= 4 is 56.6 Å². The topological polar surface area (TPSA) is 87.9 Å². The largest absolute Gasteiger partial charge is 0.494 e. The number of anilines is 1. The Labute approximate surface area is 336 Å². The van der Waals surface area contributed by atoms with Crippen LogP contribution in [0.15, 0.2) is 61.1 Å². The van der Waals surface area contributed by atoms with Crippen molar-refractivity contribution in [3.8, 4) is 28.3 Å². The number of rotatable bonds is 10. The predicted octanol–water partition coefficient (Wildman–Crippen LogP) is 9.89. The summed E-state index contributed by atoms with van der Waals surface area (Å²) in [7, 11) is 3.98. The van der Waals surface area contributed by atoms with Crippen molar-refractivity contribution in [2.24, 2.45) is 20.0 Å². The Kier molecular flexibility index (Phi) is 9.04. The fraction of sp³-hybridized carbons (Fsp3) is 0.364. The molecule has 1 aliphatic heterocycles. The van der Waals surface area contributed by atoms with E-state index in [-0.39, 0.29) is 11.9 Å². The molecule has 1 saturated carbocycles. The van der Waals surface area contributed by atoms with Crippen molar-refractivity contribution in [1.29, 1.82) is 0 Å². The molecule has 2 aliphatic rings. The van der Waals surface area contributed by atoms with E-state index in [9.17, 15) is 0 Å². The maximum Gasteiger partial charge on any atom is 0.276 e. The Bertz CT molecular complexity index is 2670. The normalized spacial score (nSPS) is 17.1. The van der Waals surface area contributed by atoms with Crippen LogP contribution >= 0.6 is 23.2 Å². The minimum atomic E-state index is -0.674. The summed E-state index contributed by atoms with van der Waals surface area (Å²) >= 11 is 14.0. The zero-order valence-electron chi connectivity index (χ0n) is 32.9. The van der Waals surface area contributed by atoms with E-state index in [1.807, 2.05) is 68.9 Å². The Morgan fingerprint density at radius 2 is 1.73 bits per heavy atom. The number of nitrogens with zero attached hydrogens (tertiary/aromatic N) is 8. The van der Waals surface area contributed by atoms with Crippen LogP contribution in [-0.2, 0) is 27.1 Å². The second-order valence-electron chi connectivity index (χ2n) is 15.8. The number of hydrogen-bond donors (Lipinski definition) is 0. The van der Waals surface area contributed by atoms with Gasteiger partial charge in [-0.2, -0.15) is 10.2 Å². The van der Waals surface area contributed by atoms with E-state index in [1.165, 1.54) is 12.8 Å². The zero-order valence-corrected chi connectivity index (χ0v) is 34.4. The number of carbonyl (C=O) groups is 1. The number of benzene rings is 3. The van der Waals surface area contributed by atoms with Crippen LogP contribution in [0.2, 0.25) is 5.02 Å². The zero-order chi connectivity index (χ0) is 39.2. The van der Waals surface area contributed by atoms with Crippen molar-refractivity contribution in [1.82, 2.24) is 33.7 Å². The molecule has 5 heterocycles. The first-order valence-electron chi connectivity index (χ1n) is 19.4. The lowest BCUT2D eigenvalue weighted by Gasteiger charge is -2.38. The van der Waals surface area contributed by atoms with Gasteiger partial charge in [-0.1, -0.05) is 41.4 Å². The van der Waals surface area contributed by atoms with Gasteiger partial charge in [-0.3, -0.25) is 19.1 Å². The third kappa shape index (κ3) is 6.00. The summed E-state index contributed by atoms with van der Waals surface area (Å²) < 4.78 is 14.4. The monoisotopic (exact) mass is 788 g/mol. The van der Waals surface area contributed by atoms with E-state index < -0.39 is 5.50 Å². The Hall–Kier alpha value is -5.06. The number of para-hydroxylation sites is 1. The number of aromatic nitrogens is 7. The highest BCUT2D eigenvalue weighted by atomic mass is 35.5. The van der Waals surface area contributed by atoms with E-state index in [2.05, 4.69) is 64.4 Å². The standard InChI is InChI=1S/C44H46Cl2N8O2/c1-24-18-31(19-25(2)39(24)45)56-17-9-12-33-32-10-8-11-34(38-26(3)48-51(7)27(38)4)40(32)53-28(5)42(46)54(44(55)41(33)53)37-22-50(6)36-16-15-30(20-35(36)37)43-47-23-52(49-43)21-29-13-14-29/h8,10-11,15-16,18-20,22-23,28-29,42H,9,12-14,17,21H2,1-7H3/t28?,42-/m0/s1. The molecule has 288 valence electrons. The summed E-state index contributed by atoms with van der Waals surface area (Å²) in [5, 5.41) is 12.3. The van der Waals surface area contributed by atoms with E-state index in [1.54, 1.807) is 4.90 Å². The minimum Gasteiger partial charge on any atom is -0.494 e. The first-order chi connectivity index (χ1) is 26.9. The number of halogens is 2. The minimum absolute atomic E-state index is 0.130. The van der Waals surface area contributed by atoms with Crippen molar-refractivity contribution in [3.05, 3.63) is 99.8 Å². The summed E-state index contributed by atoms with van der Waals surface area (Å²) in [5.74, 6) is 2.03. The highest BCUT2D eigenvalue weighted by molar-refractivity contribution is 6.32. The Morgan fingerprint density at radius 1 is 0.964 bits per heavy atom. The molecule has 56 heavy (non-hydrogen) atoms. The summed E-state index contributed by atoms with van der Waals surface area (Å²) in [6.45, 7) is 11.6. The molecule has 12 heteroatoms. The van der Waals surface area contributed by atoms with Gasteiger partial charge >= 0.3 is 0 Å². The average Bonchev–Trinajstić information content (AvgIpc) is 3.48. The number of amides is 1. The molecule has 3 aromatic carbocycles. The number of fused-ring (bicyclic) bond motifs is 4. The molecular formula is C44H46Cl2N8O2. The second kappa shape index (κ2) is 13.8. The first kappa shape index (κ1) is 36.6. The molecule has 9 rings (SSSR count). The lowest BCUT2D eigenvalue weighted by molar-refractivity contribution is 0.0951. The smallest absolute Gasteiger partial charge is 0.276 e. The molecule has 4 aromatic heterocycles. The van der Waals surface area contributed by atoms with Crippen molar-refractivity contribution in [2.75, 3.05) is 11.5 Å². The van der Waals surface area contributed by atoms with Crippen LogP contribution in [0.25, 0.3) is 44.3 Å². The van der Waals surface area contributed by atoms with Crippen molar-refractivity contribution < 1.29 is 9.53 Å². The Morgan fingerprint density at radius 3 is 2.45 bits per heavy atom. The van der Waals surface area contributed by atoms with Crippen LogP contribution in [0.4, 0.5) is 5.69 Å². The molecule has 0 radical (unpaired) electrons. The molecule has 2 atom stereocenters. The Balaban J connectivity index is 1.15. The number of alkyl halides is 1. The van der Waals surface area contributed by atoms with Crippen LogP contribution in [0.3, 0.4) is 0 Å². The molecule has 0 bridgehead atoms. The molecule has 0 N–H and O–H groups in total. The molecule has 0 saturated heterocycles. The average molecular weight is 790 g/mol. The quantitative estimate of drug-likeness (QED) is 0.0783. The van der Waals surface area contributed by atoms with Crippen molar-refractivity contribution in [2.45, 2.75) is 78.4 Å². The van der Waals surface area contributed by atoms with Crippen LogP contribution in [0.5, 0.6) is 5.75 Å². The molecule has 1 aliphatic carbocycles. The third-order valence-electron chi connectivity index (χ3n) is 11.8. The van der Waals surface area contributed by atoms with Gasteiger partial charge in [0.2, 0.25) is 0 Å². The van der Waals surface area contributed by atoms with E-state index in [0.29, 0.717) is 36.9 Å². The fourth-order valence-corrected chi connectivity index (χ4v) is 9.12. The highest BCUT2D eigenvalue weighted by Crippen LogP contribution is 2.46. The van der Waals surface area contributed by atoms with Gasteiger partial charge in [0, 0.05) is 70.5 Å². The van der Waals surface area contributed by atoms with Gasteiger partial charge in [0.25, 0.3) is 5.91 Å². The maximum absolute atomic E-state index is 15.4. The van der Waals surface area contributed by atoms with Gasteiger partial charge in [-0.05, 0) is 113 Å². The second-order valence-corrected chi connectivity index (χ2v) is 16.6. The molecule has 1 amide bonds.